The van der Waals surface area contributed by atoms with Gasteiger partial charge in [0, 0.05) is 23.2 Å². The molecule has 0 aromatic carbocycles. The number of hydrogen-bond donors (Lipinski definition) is 0. The number of nitrogens with zero attached hydrogens (tertiary/aromatic N) is 2. The molecule has 72 valence electrons. The first-order valence-corrected chi connectivity index (χ1v) is 5.00. The van der Waals surface area contributed by atoms with E-state index in [2.05, 4.69) is 16.9 Å². The van der Waals surface area contributed by atoms with Crippen molar-refractivity contribution in [2.24, 2.45) is 0 Å². The summed E-state index contributed by atoms with van der Waals surface area (Å²) < 4.78 is 0. The first-order valence-electron chi connectivity index (χ1n) is 4.57. The molecule has 2 nitrogen and oxygen atoms in total. The molecule has 0 N–H and O–H groups in total. The van der Waals surface area contributed by atoms with Crippen LogP contribution in [0.15, 0.2) is 6.07 Å². The molecule has 1 aromatic heterocycles. The zero-order valence-electron chi connectivity index (χ0n) is 8.34. The third-order valence-electron chi connectivity index (χ3n) is 1.89. The van der Waals surface area contributed by atoms with E-state index in [0.717, 1.165) is 30.1 Å². The summed E-state index contributed by atoms with van der Waals surface area (Å²) in [6.45, 7) is 5.97. The summed E-state index contributed by atoms with van der Waals surface area (Å²) in [5.74, 6) is 0.829. The van der Waals surface area contributed by atoms with E-state index in [1.54, 1.807) is 0 Å². The lowest BCUT2D eigenvalue weighted by molar-refractivity contribution is 0.774. The van der Waals surface area contributed by atoms with Crippen LogP contribution in [-0.4, -0.2) is 15.3 Å². The van der Waals surface area contributed by atoms with Crippen LogP contribution in [0.2, 0.25) is 0 Å². The van der Waals surface area contributed by atoms with Crippen LogP contribution >= 0.6 is 11.6 Å². The summed E-state index contributed by atoms with van der Waals surface area (Å²) in [4.78, 5) is 8.54. The predicted octanol–water partition coefficient (Wildman–Crippen LogP) is 2.65. The molecule has 0 saturated heterocycles. The molecule has 0 radical (unpaired) electrons. The highest BCUT2D eigenvalue weighted by atomic mass is 35.5. The molecule has 0 amide bonds. The van der Waals surface area contributed by atoms with E-state index >= 15 is 0 Å². The number of halogens is 1. The number of aromatic nitrogens is 2. The van der Waals surface area contributed by atoms with Crippen molar-refractivity contribution in [3.63, 3.8) is 0 Å². The lowest BCUT2D eigenvalue weighted by Crippen LogP contribution is -2.05. The summed E-state index contributed by atoms with van der Waals surface area (Å²) >= 11 is 6.04. The van der Waals surface area contributed by atoms with Crippen LogP contribution in [-0.2, 0) is 6.42 Å². The second kappa shape index (κ2) is 4.56. The number of hydrogen-bond acceptors (Lipinski definition) is 2. The van der Waals surface area contributed by atoms with Gasteiger partial charge in [0.2, 0.25) is 0 Å². The van der Waals surface area contributed by atoms with Gasteiger partial charge in [0.05, 0.1) is 0 Å². The van der Waals surface area contributed by atoms with Gasteiger partial charge in [-0.25, -0.2) is 9.97 Å². The lowest BCUT2D eigenvalue weighted by Gasteiger charge is -2.06. The third kappa shape index (κ3) is 3.31. The Hall–Kier alpha value is -0.630. The second-order valence-electron chi connectivity index (χ2n) is 3.26. The molecule has 0 bridgehead atoms. The molecule has 1 atom stereocenters. The minimum absolute atomic E-state index is 0.189. The Kier molecular flexibility index (Phi) is 3.67. The van der Waals surface area contributed by atoms with Crippen LogP contribution < -0.4 is 0 Å². The van der Waals surface area contributed by atoms with Crippen molar-refractivity contribution >= 4 is 11.6 Å². The molecule has 0 aliphatic rings. The zero-order valence-corrected chi connectivity index (χ0v) is 9.10. The molecule has 0 aliphatic heterocycles. The predicted molar refractivity (Wildman–Crippen MR) is 55.1 cm³/mol. The topological polar surface area (TPSA) is 25.8 Å². The van der Waals surface area contributed by atoms with Gasteiger partial charge in [-0.05, 0) is 26.3 Å². The lowest BCUT2D eigenvalue weighted by atomic mass is 10.2. The fraction of sp³-hybridized carbons (Fsp3) is 0.600. The van der Waals surface area contributed by atoms with Gasteiger partial charge in [-0.3, -0.25) is 0 Å². The van der Waals surface area contributed by atoms with E-state index in [1.807, 2.05) is 19.9 Å². The van der Waals surface area contributed by atoms with Gasteiger partial charge < -0.3 is 0 Å². The Labute approximate surface area is 84.4 Å². The Morgan fingerprint density at radius 3 is 2.62 bits per heavy atom. The van der Waals surface area contributed by atoms with Gasteiger partial charge in [0.25, 0.3) is 0 Å². The summed E-state index contributed by atoms with van der Waals surface area (Å²) in [6.07, 6.45) is 1.81. The van der Waals surface area contributed by atoms with Crippen molar-refractivity contribution in [3.8, 4) is 0 Å². The summed E-state index contributed by atoms with van der Waals surface area (Å²) in [5, 5.41) is 0.189. The van der Waals surface area contributed by atoms with E-state index < -0.39 is 0 Å². The van der Waals surface area contributed by atoms with Gasteiger partial charge in [0.15, 0.2) is 0 Å². The smallest absolute Gasteiger partial charge is 0.125 e. The Bertz CT molecular complexity index is 266. The molecule has 3 heteroatoms. The maximum atomic E-state index is 6.04. The number of alkyl halides is 1. The van der Waals surface area contributed by atoms with E-state index in [4.69, 9.17) is 11.6 Å². The van der Waals surface area contributed by atoms with Crippen LogP contribution in [0.25, 0.3) is 0 Å². The average molecular weight is 199 g/mol. The molecule has 0 spiro atoms. The SMILES string of the molecule is CCC(Cl)Cc1cc(C)nc(C)n1. The van der Waals surface area contributed by atoms with Crippen molar-refractivity contribution in [1.82, 2.24) is 9.97 Å². The molecule has 0 fully saturated rings. The molecule has 0 aliphatic carbocycles. The maximum Gasteiger partial charge on any atom is 0.125 e. The molecule has 1 aromatic rings. The molecule has 0 saturated carbocycles. The van der Waals surface area contributed by atoms with Gasteiger partial charge >= 0.3 is 0 Å². The standard InChI is InChI=1S/C10H15ClN2/c1-4-9(11)6-10-5-7(2)12-8(3)13-10/h5,9H,4,6H2,1-3H3. The molecule has 1 rings (SSSR count). The van der Waals surface area contributed by atoms with Crippen molar-refractivity contribution in [1.29, 1.82) is 0 Å². The normalized spacial score (nSPS) is 12.9. The first kappa shape index (κ1) is 10.5. The number of rotatable bonds is 3. The quantitative estimate of drug-likeness (QED) is 0.698. The van der Waals surface area contributed by atoms with Crippen LogP contribution in [0.5, 0.6) is 0 Å². The third-order valence-corrected chi connectivity index (χ3v) is 2.36. The van der Waals surface area contributed by atoms with Gasteiger partial charge in [-0.15, -0.1) is 11.6 Å². The van der Waals surface area contributed by atoms with Crippen LogP contribution in [0.1, 0.15) is 30.6 Å². The first-order chi connectivity index (χ1) is 6.11. The zero-order chi connectivity index (χ0) is 9.84. The Morgan fingerprint density at radius 1 is 1.38 bits per heavy atom. The van der Waals surface area contributed by atoms with Crippen molar-refractivity contribution in [2.45, 2.75) is 39.0 Å². The van der Waals surface area contributed by atoms with E-state index in [0.29, 0.717) is 0 Å². The van der Waals surface area contributed by atoms with Crippen molar-refractivity contribution in [3.05, 3.63) is 23.3 Å². The van der Waals surface area contributed by atoms with Crippen LogP contribution in [0.4, 0.5) is 0 Å². The Morgan fingerprint density at radius 2 is 2.08 bits per heavy atom. The molecule has 13 heavy (non-hydrogen) atoms. The maximum absolute atomic E-state index is 6.04. The Balaban J connectivity index is 2.77. The summed E-state index contributed by atoms with van der Waals surface area (Å²) in [7, 11) is 0. The molecule has 1 unspecified atom stereocenters. The second-order valence-corrected chi connectivity index (χ2v) is 3.87. The minimum atomic E-state index is 0.189. The highest BCUT2D eigenvalue weighted by Gasteiger charge is 2.05. The summed E-state index contributed by atoms with van der Waals surface area (Å²) in [5.41, 5.74) is 2.06. The van der Waals surface area contributed by atoms with Crippen LogP contribution in [0, 0.1) is 13.8 Å². The van der Waals surface area contributed by atoms with Gasteiger partial charge in [0.1, 0.15) is 5.82 Å². The van der Waals surface area contributed by atoms with Crippen LogP contribution in [0.3, 0.4) is 0 Å². The highest BCUT2D eigenvalue weighted by Crippen LogP contribution is 2.10. The fourth-order valence-corrected chi connectivity index (χ4v) is 1.43. The van der Waals surface area contributed by atoms with Crippen molar-refractivity contribution in [2.75, 3.05) is 0 Å². The molecular weight excluding hydrogens is 184 g/mol. The van der Waals surface area contributed by atoms with E-state index in [1.165, 1.54) is 0 Å². The largest absolute Gasteiger partial charge is 0.239 e. The minimum Gasteiger partial charge on any atom is -0.239 e. The average Bonchev–Trinajstić information content (AvgIpc) is 2.02. The monoisotopic (exact) mass is 198 g/mol. The number of aryl methyl sites for hydroxylation is 2. The van der Waals surface area contributed by atoms with E-state index in [-0.39, 0.29) is 5.38 Å². The highest BCUT2D eigenvalue weighted by molar-refractivity contribution is 6.20. The van der Waals surface area contributed by atoms with Gasteiger partial charge in [-0.2, -0.15) is 0 Å². The van der Waals surface area contributed by atoms with Gasteiger partial charge in [-0.1, -0.05) is 6.92 Å². The van der Waals surface area contributed by atoms with E-state index in [9.17, 15) is 0 Å². The molecular formula is C10H15ClN2. The summed E-state index contributed by atoms with van der Waals surface area (Å²) in [6, 6.07) is 2.00. The van der Waals surface area contributed by atoms with Crippen molar-refractivity contribution < 1.29 is 0 Å². The fourth-order valence-electron chi connectivity index (χ4n) is 1.27. The molecule has 1 heterocycles.